The number of azo groups is 1. The first-order chi connectivity index (χ1) is 20.0. The molecule has 2 aromatic rings. The van der Waals surface area contributed by atoms with Crippen LogP contribution in [0.4, 0.5) is 10.1 Å². The molecular weight excluding hydrogens is 525 g/mol. The molecule has 6 nitrogen and oxygen atoms in total. The van der Waals surface area contributed by atoms with Crippen LogP contribution >= 0.6 is 0 Å². The zero-order chi connectivity index (χ0) is 31.7. The van der Waals surface area contributed by atoms with Crippen molar-refractivity contribution < 1.29 is 9.18 Å². The highest BCUT2D eigenvalue weighted by Crippen LogP contribution is 2.30. The predicted octanol–water partition coefficient (Wildman–Crippen LogP) is 9.47. The number of nitrogens with zero attached hydrogens (tertiary/aromatic N) is 4. The largest absolute Gasteiger partial charge is 0.335 e. The Morgan fingerprint density at radius 2 is 1.79 bits per heavy atom. The van der Waals surface area contributed by atoms with E-state index >= 15 is 0 Å². The highest BCUT2D eigenvalue weighted by Gasteiger charge is 2.28. The second-order valence-electron chi connectivity index (χ2n) is 10.9. The Bertz CT molecular complexity index is 1220. The van der Waals surface area contributed by atoms with Crippen LogP contribution in [0.15, 0.2) is 75.5 Å². The van der Waals surface area contributed by atoms with Crippen LogP contribution < -0.4 is 5.73 Å². The van der Waals surface area contributed by atoms with Gasteiger partial charge in [-0.05, 0) is 68.0 Å². The lowest BCUT2D eigenvalue weighted by molar-refractivity contribution is 0.0607. The molecule has 0 radical (unpaired) electrons. The van der Waals surface area contributed by atoms with Gasteiger partial charge in [-0.2, -0.15) is 10.2 Å². The van der Waals surface area contributed by atoms with Crippen molar-refractivity contribution in [3.05, 3.63) is 77.3 Å². The van der Waals surface area contributed by atoms with E-state index in [1.807, 2.05) is 39.1 Å². The van der Waals surface area contributed by atoms with Crippen molar-refractivity contribution in [1.82, 2.24) is 4.90 Å². The topological polar surface area (TPSA) is 83.4 Å². The van der Waals surface area contributed by atoms with Crippen LogP contribution in [0.3, 0.4) is 0 Å². The third kappa shape index (κ3) is 12.6. The normalized spacial score (nSPS) is 13.5. The monoisotopic (exact) mass is 577 g/mol. The van der Waals surface area contributed by atoms with Crippen molar-refractivity contribution in [2.75, 3.05) is 20.1 Å². The SMILES string of the molecule is C=C(C)N=C/C(=C\C)CC.CCCC(C)CCC.CN=Nc1cc(-c2ccc(C(=O)N3CC(N)C3)cc2F)ccc1C. The first-order valence-electron chi connectivity index (χ1n) is 15.1. The number of hydrogen-bond acceptors (Lipinski definition) is 5. The van der Waals surface area contributed by atoms with Crippen molar-refractivity contribution in [3.63, 3.8) is 0 Å². The first kappa shape index (κ1) is 36.6. The van der Waals surface area contributed by atoms with Gasteiger partial charge in [-0.15, -0.1) is 0 Å². The Labute approximate surface area is 253 Å². The average Bonchev–Trinajstić information content (AvgIpc) is 2.94. The maximum atomic E-state index is 14.5. The number of likely N-dealkylation sites (tertiary alicyclic amines) is 1. The van der Waals surface area contributed by atoms with E-state index in [9.17, 15) is 9.18 Å². The lowest BCUT2D eigenvalue weighted by Crippen LogP contribution is -2.57. The van der Waals surface area contributed by atoms with Crippen LogP contribution in [0.2, 0.25) is 0 Å². The van der Waals surface area contributed by atoms with E-state index in [1.54, 1.807) is 30.1 Å². The van der Waals surface area contributed by atoms with Crippen molar-refractivity contribution in [2.24, 2.45) is 26.9 Å². The number of nitrogens with two attached hydrogens (primary N) is 1. The molecule has 42 heavy (non-hydrogen) atoms. The summed E-state index contributed by atoms with van der Waals surface area (Å²) in [4.78, 5) is 17.9. The minimum atomic E-state index is -0.436. The molecule has 0 bridgehead atoms. The van der Waals surface area contributed by atoms with E-state index in [0.29, 0.717) is 35.5 Å². The van der Waals surface area contributed by atoms with Gasteiger partial charge in [-0.3, -0.25) is 9.79 Å². The minimum absolute atomic E-state index is 0.0248. The molecule has 0 aromatic heterocycles. The molecule has 1 amide bonds. The van der Waals surface area contributed by atoms with Crippen molar-refractivity contribution in [1.29, 1.82) is 0 Å². The van der Waals surface area contributed by atoms with Gasteiger partial charge in [0.05, 0.1) is 5.69 Å². The second kappa shape index (κ2) is 19.6. The molecular formula is C35H52FN5O. The number of amides is 1. The van der Waals surface area contributed by atoms with Crippen LogP contribution in [0.25, 0.3) is 11.1 Å². The molecule has 0 saturated carbocycles. The van der Waals surface area contributed by atoms with Gasteiger partial charge in [0.1, 0.15) is 5.82 Å². The van der Waals surface area contributed by atoms with Crippen LogP contribution in [-0.2, 0) is 0 Å². The quantitative estimate of drug-likeness (QED) is 0.225. The zero-order valence-corrected chi connectivity index (χ0v) is 27.1. The Hall–Kier alpha value is -3.45. The molecule has 2 N–H and O–H groups in total. The fourth-order valence-corrected chi connectivity index (χ4v) is 4.43. The van der Waals surface area contributed by atoms with Crippen LogP contribution in [-0.4, -0.2) is 43.2 Å². The smallest absolute Gasteiger partial charge is 0.254 e. The lowest BCUT2D eigenvalue weighted by atomic mass is 10.00. The van der Waals surface area contributed by atoms with Gasteiger partial charge < -0.3 is 10.6 Å². The number of aryl methyl sites for hydroxylation is 1. The van der Waals surface area contributed by atoms with E-state index in [0.717, 1.165) is 23.6 Å². The van der Waals surface area contributed by atoms with Gasteiger partial charge in [0.15, 0.2) is 0 Å². The molecule has 0 atom stereocenters. The van der Waals surface area contributed by atoms with Gasteiger partial charge in [0.25, 0.3) is 5.91 Å². The molecule has 1 fully saturated rings. The number of allylic oxidation sites excluding steroid dienone is 3. The molecule has 0 spiro atoms. The second-order valence-corrected chi connectivity index (χ2v) is 10.9. The standard InChI is InChI=1S/C18H19FN4O.C9H15N.C8H18/c1-11-3-4-12(8-17(11)22-21-2)15-6-5-13(7-16(15)19)18(24)23-9-14(20)10-23;1-5-9(6-2)7-10-8(3)4;1-4-6-8(3)7-5-2/h3-8,14H,9-10,20H2,1-2H3;5,7H,3,6H2,1-2,4H3;8H,4-7H2,1-3H3/b;9-5-,10-7?;. The summed E-state index contributed by atoms with van der Waals surface area (Å²) in [5, 5.41) is 7.82. The summed E-state index contributed by atoms with van der Waals surface area (Å²) in [7, 11) is 1.59. The lowest BCUT2D eigenvalue weighted by Gasteiger charge is -2.36. The molecule has 1 saturated heterocycles. The van der Waals surface area contributed by atoms with E-state index in [4.69, 9.17) is 5.73 Å². The Kier molecular flexibility index (Phi) is 17.1. The minimum Gasteiger partial charge on any atom is -0.335 e. The fraction of sp³-hybridized carbons (Fsp3) is 0.486. The summed E-state index contributed by atoms with van der Waals surface area (Å²) < 4.78 is 14.5. The predicted molar refractivity (Wildman–Crippen MR) is 177 cm³/mol. The molecule has 3 rings (SSSR count). The van der Waals surface area contributed by atoms with Crippen LogP contribution in [0.5, 0.6) is 0 Å². The molecule has 0 aliphatic carbocycles. The van der Waals surface area contributed by atoms with Crippen LogP contribution in [0, 0.1) is 18.7 Å². The maximum absolute atomic E-state index is 14.5. The molecule has 7 heteroatoms. The fourth-order valence-electron chi connectivity index (χ4n) is 4.43. The molecule has 1 aliphatic heterocycles. The number of hydrogen-bond donors (Lipinski definition) is 1. The summed E-state index contributed by atoms with van der Waals surface area (Å²) in [5.74, 6) is 0.338. The van der Waals surface area contributed by atoms with Gasteiger partial charge in [-0.25, -0.2) is 4.39 Å². The first-order valence-corrected chi connectivity index (χ1v) is 15.1. The molecule has 1 heterocycles. The summed E-state index contributed by atoms with van der Waals surface area (Å²) in [5.41, 5.74) is 10.9. The van der Waals surface area contributed by atoms with E-state index in [2.05, 4.69) is 55.6 Å². The highest BCUT2D eigenvalue weighted by atomic mass is 19.1. The summed E-state index contributed by atoms with van der Waals surface area (Å²) in [6, 6.07) is 10.1. The Balaban J connectivity index is 0.000000406. The van der Waals surface area contributed by atoms with Gasteiger partial charge in [0.2, 0.25) is 0 Å². The summed E-state index contributed by atoms with van der Waals surface area (Å²) >= 11 is 0. The number of rotatable bonds is 10. The molecule has 230 valence electrons. The third-order valence-electron chi connectivity index (χ3n) is 6.93. The maximum Gasteiger partial charge on any atom is 0.254 e. The van der Waals surface area contributed by atoms with Crippen LogP contribution in [0.1, 0.15) is 89.6 Å². The van der Waals surface area contributed by atoms with Gasteiger partial charge in [0, 0.05) is 49.2 Å². The van der Waals surface area contributed by atoms with Crippen molar-refractivity contribution >= 4 is 17.8 Å². The van der Waals surface area contributed by atoms with Crippen molar-refractivity contribution in [2.45, 2.75) is 86.6 Å². The van der Waals surface area contributed by atoms with Gasteiger partial charge >= 0.3 is 0 Å². The van der Waals surface area contributed by atoms with E-state index in [1.165, 1.54) is 37.3 Å². The van der Waals surface area contributed by atoms with E-state index < -0.39 is 5.82 Å². The summed E-state index contributed by atoms with van der Waals surface area (Å²) in [6.07, 6.45) is 10.5. The average molecular weight is 578 g/mol. The Morgan fingerprint density at radius 1 is 1.14 bits per heavy atom. The van der Waals surface area contributed by atoms with E-state index in [-0.39, 0.29) is 11.9 Å². The zero-order valence-electron chi connectivity index (χ0n) is 27.1. The number of carbonyl (C=O) groups excluding carboxylic acids is 1. The number of aliphatic imine (C=N–C) groups is 1. The number of carbonyl (C=O) groups is 1. The summed E-state index contributed by atoms with van der Waals surface area (Å²) in [6.45, 7) is 19.5. The molecule has 1 aliphatic rings. The number of halogens is 1. The third-order valence-corrected chi connectivity index (χ3v) is 6.93. The van der Waals surface area contributed by atoms with Gasteiger partial charge in [-0.1, -0.05) is 84.2 Å². The number of benzene rings is 2. The molecule has 0 unspecified atom stereocenters. The van der Waals surface area contributed by atoms with Crippen molar-refractivity contribution in [3.8, 4) is 11.1 Å². The Morgan fingerprint density at radius 3 is 2.26 bits per heavy atom. The highest BCUT2D eigenvalue weighted by molar-refractivity contribution is 5.95. The molecule has 2 aromatic carbocycles.